The molecule has 0 spiro atoms. The zero-order valence-corrected chi connectivity index (χ0v) is 10.3. The zero-order valence-electron chi connectivity index (χ0n) is 10.3. The predicted molar refractivity (Wildman–Crippen MR) is 64.4 cm³/mol. The molecule has 1 aliphatic carbocycles. The smallest absolute Gasteiger partial charge is 0.0874 e. The van der Waals surface area contributed by atoms with Crippen molar-refractivity contribution in [1.29, 1.82) is 0 Å². The number of hydrogen-bond donors (Lipinski definition) is 1. The number of rotatable bonds is 5. The van der Waals surface area contributed by atoms with E-state index in [4.69, 9.17) is 5.73 Å². The van der Waals surface area contributed by atoms with Gasteiger partial charge in [-0.25, -0.2) is 4.68 Å². The molecule has 1 aromatic rings. The van der Waals surface area contributed by atoms with Gasteiger partial charge in [0.05, 0.1) is 17.4 Å². The maximum absolute atomic E-state index is 5.63. The van der Waals surface area contributed by atoms with Crippen LogP contribution in [0, 0.1) is 0 Å². The maximum atomic E-state index is 5.63. The van der Waals surface area contributed by atoms with Gasteiger partial charge in [0.2, 0.25) is 0 Å². The van der Waals surface area contributed by atoms with Crippen LogP contribution in [0.1, 0.15) is 62.9 Å². The molecule has 1 aromatic heterocycles. The monoisotopic (exact) mass is 222 g/mol. The van der Waals surface area contributed by atoms with Crippen LogP contribution in [0.5, 0.6) is 0 Å². The van der Waals surface area contributed by atoms with E-state index in [1.54, 1.807) is 0 Å². The Kier molecular flexibility index (Phi) is 3.59. The molecule has 0 amide bonds. The SMILES string of the molecule is CCC(C)n1nnc(CCN)c1C1CCC1. The minimum absolute atomic E-state index is 0.453. The first-order chi connectivity index (χ1) is 7.77. The van der Waals surface area contributed by atoms with Crippen molar-refractivity contribution in [3.8, 4) is 0 Å². The number of nitrogens with two attached hydrogens (primary N) is 1. The summed E-state index contributed by atoms with van der Waals surface area (Å²) in [7, 11) is 0. The highest BCUT2D eigenvalue weighted by Gasteiger charge is 2.28. The molecule has 0 aliphatic heterocycles. The van der Waals surface area contributed by atoms with Gasteiger partial charge >= 0.3 is 0 Å². The van der Waals surface area contributed by atoms with Crippen LogP contribution in [0.3, 0.4) is 0 Å². The molecule has 1 fully saturated rings. The van der Waals surface area contributed by atoms with Crippen LogP contribution in [0.15, 0.2) is 0 Å². The molecule has 4 nitrogen and oxygen atoms in total. The van der Waals surface area contributed by atoms with Gasteiger partial charge in [-0.05, 0) is 32.7 Å². The van der Waals surface area contributed by atoms with Crippen molar-refractivity contribution in [3.63, 3.8) is 0 Å². The van der Waals surface area contributed by atoms with Crippen LogP contribution in [0.25, 0.3) is 0 Å². The molecule has 2 N–H and O–H groups in total. The Hall–Kier alpha value is -0.900. The summed E-state index contributed by atoms with van der Waals surface area (Å²) >= 11 is 0. The van der Waals surface area contributed by atoms with E-state index >= 15 is 0 Å². The lowest BCUT2D eigenvalue weighted by Gasteiger charge is -2.28. The minimum Gasteiger partial charge on any atom is -0.330 e. The van der Waals surface area contributed by atoms with Gasteiger partial charge in [0.1, 0.15) is 0 Å². The minimum atomic E-state index is 0.453. The molecule has 1 saturated carbocycles. The van der Waals surface area contributed by atoms with Gasteiger partial charge in [-0.2, -0.15) is 0 Å². The van der Waals surface area contributed by atoms with Crippen LogP contribution >= 0.6 is 0 Å². The molecule has 2 rings (SSSR count). The summed E-state index contributed by atoms with van der Waals surface area (Å²) in [5, 5.41) is 8.63. The highest BCUT2D eigenvalue weighted by molar-refractivity contribution is 5.19. The van der Waals surface area contributed by atoms with Crippen molar-refractivity contribution in [2.45, 2.75) is 57.9 Å². The third kappa shape index (κ3) is 1.98. The van der Waals surface area contributed by atoms with Crippen molar-refractivity contribution in [1.82, 2.24) is 15.0 Å². The molecule has 0 radical (unpaired) electrons. The molecular formula is C12H22N4. The van der Waals surface area contributed by atoms with Crippen LogP contribution in [-0.4, -0.2) is 21.5 Å². The first-order valence-corrected chi connectivity index (χ1v) is 6.42. The second-order valence-corrected chi connectivity index (χ2v) is 4.79. The van der Waals surface area contributed by atoms with E-state index in [1.165, 1.54) is 25.0 Å². The summed E-state index contributed by atoms with van der Waals surface area (Å²) in [5.41, 5.74) is 8.13. The third-order valence-electron chi connectivity index (χ3n) is 3.69. The average Bonchev–Trinajstić information content (AvgIpc) is 2.60. The fourth-order valence-corrected chi connectivity index (χ4v) is 2.25. The second-order valence-electron chi connectivity index (χ2n) is 4.79. The van der Waals surface area contributed by atoms with Crippen molar-refractivity contribution >= 4 is 0 Å². The van der Waals surface area contributed by atoms with Crippen molar-refractivity contribution in [2.75, 3.05) is 6.54 Å². The van der Waals surface area contributed by atoms with E-state index in [2.05, 4.69) is 28.8 Å². The summed E-state index contributed by atoms with van der Waals surface area (Å²) < 4.78 is 2.13. The molecule has 0 saturated heterocycles. The average molecular weight is 222 g/mol. The fourth-order valence-electron chi connectivity index (χ4n) is 2.25. The molecule has 90 valence electrons. The number of nitrogens with zero attached hydrogens (tertiary/aromatic N) is 3. The Morgan fingerprint density at radius 3 is 2.75 bits per heavy atom. The highest BCUT2D eigenvalue weighted by atomic mass is 15.4. The Balaban J connectivity index is 2.29. The Morgan fingerprint density at radius 1 is 1.50 bits per heavy atom. The lowest BCUT2D eigenvalue weighted by molar-refractivity contribution is 0.361. The van der Waals surface area contributed by atoms with E-state index < -0.39 is 0 Å². The molecule has 1 aliphatic rings. The van der Waals surface area contributed by atoms with E-state index in [0.717, 1.165) is 18.5 Å². The van der Waals surface area contributed by atoms with Crippen molar-refractivity contribution in [2.24, 2.45) is 5.73 Å². The van der Waals surface area contributed by atoms with Gasteiger partial charge in [0.15, 0.2) is 0 Å². The van der Waals surface area contributed by atoms with E-state index in [1.807, 2.05) is 0 Å². The normalized spacial score (nSPS) is 18.4. The number of hydrogen-bond acceptors (Lipinski definition) is 3. The van der Waals surface area contributed by atoms with Gasteiger partial charge in [-0.15, -0.1) is 5.10 Å². The van der Waals surface area contributed by atoms with E-state index in [-0.39, 0.29) is 0 Å². The van der Waals surface area contributed by atoms with Crippen molar-refractivity contribution in [3.05, 3.63) is 11.4 Å². The fraction of sp³-hybridized carbons (Fsp3) is 0.833. The van der Waals surface area contributed by atoms with E-state index in [0.29, 0.717) is 18.5 Å². The molecule has 4 heteroatoms. The molecule has 1 unspecified atom stereocenters. The summed E-state index contributed by atoms with van der Waals surface area (Å²) in [6, 6.07) is 0.453. The summed E-state index contributed by atoms with van der Waals surface area (Å²) in [5.74, 6) is 0.686. The second kappa shape index (κ2) is 4.95. The molecule has 0 bridgehead atoms. The Morgan fingerprint density at radius 2 is 2.25 bits per heavy atom. The highest BCUT2D eigenvalue weighted by Crippen LogP contribution is 2.38. The summed E-state index contributed by atoms with van der Waals surface area (Å²) in [6.07, 6.45) is 5.90. The van der Waals surface area contributed by atoms with Crippen LogP contribution in [0.2, 0.25) is 0 Å². The first-order valence-electron chi connectivity index (χ1n) is 6.42. The largest absolute Gasteiger partial charge is 0.330 e. The molecule has 1 heterocycles. The van der Waals surface area contributed by atoms with Crippen LogP contribution < -0.4 is 5.73 Å². The molecule has 16 heavy (non-hydrogen) atoms. The van der Waals surface area contributed by atoms with Crippen molar-refractivity contribution < 1.29 is 0 Å². The predicted octanol–water partition coefficient (Wildman–Crippen LogP) is 2.02. The number of aromatic nitrogens is 3. The van der Waals surface area contributed by atoms with Gasteiger partial charge < -0.3 is 5.73 Å². The zero-order chi connectivity index (χ0) is 11.5. The van der Waals surface area contributed by atoms with Crippen LogP contribution in [0.4, 0.5) is 0 Å². The molecule has 0 aromatic carbocycles. The van der Waals surface area contributed by atoms with Gasteiger partial charge in [-0.1, -0.05) is 18.6 Å². The topological polar surface area (TPSA) is 56.7 Å². The lowest BCUT2D eigenvalue weighted by atomic mass is 9.81. The summed E-state index contributed by atoms with van der Waals surface area (Å²) in [4.78, 5) is 0. The Bertz CT molecular complexity index is 341. The molecule has 1 atom stereocenters. The van der Waals surface area contributed by atoms with Gasteiger partial charge in [0, 0.05) is 12.3 Å². The molecular weight excluding hydrogens is 200 g/mol. The van der Waals surface area contributed by atoms with Gasteiger partial charge in [-0.3, -0.25) is 0 Å². The van der Waals surface area contributed by atoms with Gasteiger partial charge in [0.25, 0.3) is 0 Å². The summed E-state index contributed by atoms with van der Waals surface area (Å²) in [6.45, 7) is 5.07. The standard InChI is InChI=1S/C12H22N4/c1-3-9(2)16-12(10-5-4-6-10)11(7-8-13)14-15-16/h9-10H,3-8,13H2,1-2H3. The van der Waals surface area contributed by atoms with E-state index in [9.17, 15) is 0 Å². The first kappa shape index (κ1) is 11.6. The maximum Gasteiger partial charge on any atom is 0.0874 e. The van der Waals surface area contributed by atoms with Crippen LogP contribution in [-0.2, 0) is 6.42 Å². The third-order valence-corrected chi connectivity index (χ3v) is 3.69. The quantitative estimate of drug-likeness (QED) is 0.829. The lowest BCUT2D eigenvalue weighted by Crippen LogP contribution is -2.19. The Labute approximate surface area is 97.2 Å².